The molecule has 3 heterocycles. The number of aromatic nitrogens is 1. The molecular weight excluding hydrogens is 433 g/mol. The molecule has 9 heteroatoms. The Morgan fingerprint density at radius 2 is 1.76 bits per heavy atom. The molecule has 0 aliphatic carbocycles. The van der Waals surface area contributed by atoms with E-state index in [0.29, 0.717) is 25.2 Å². The van der Waals surface area contributed by atoms with Crippen molar-refractivity contribution in [2.75, 3.05) is 36.0 Å². The lowest BCUT2D eigenvalue weighted by atomic mass is 10.1. The summed E-state index contributed by atoms with van der Waals surface area (Å²) in [6, 6.07) is 9.00. The minimum absolute atomic E-state index is 0.0922. The van der Waals surface area contributed by atoms with Gasteiger partial charge in [0.05, 0.1) is 36.1 Å². The predicted molar refractivity (Wildman–Crippen MR) is 120 cm³/mol. The van der Waals surface area contributed by atoms with Crippen molar-refractivity contribution in [3.05, 3.63) is 53.9 Å². The number of ether oxygens (including phenoxy) is 1. The number of pyridine rings is 1. The number of carbonyl (C=O) groups excluding carboxylic acids is 1. The third-order valence-electron chi connectivity index (χ3n) is 6.06. The van der Waals surface area contributed by atoms with Crippen LogP contribution in [0.2, 0.25) is 0 Å². The lowest BCUT2D eigenvalue weighted by Gasteiger charge is -2.36. The van der Waals surface area contributed by atoms with Crippen LogP contribution in [0.15, 0.2) is 42.7 Å². The molecule has 0 unspecified atom stereocenters. The summed E-state index contributed by atoms with van der Waals surface area (Å²) in [6.45, 7) is 6.83. The Balaban J connectivity index is 1.29. The van der Waals surface area contributed by atoms with Crippen LogP contribution in [-0.4, -0.2) is 55.3 Å². The van der Waals surface area contributed by atoms with Gasteiger partial charge in [0.25, 0.3) is 0 Å². The minimum atomic E-state index is -4.43. The van der Waals surface area contributed by atoms with Crippen molar-refractivity contribution in [2.24, 2.45) is 0 Å². The summed E-state index contributed by atoms with van der Waals surface area (Å²) in [5.41, 5.74) is 1.69. The molecule has 2 aliphatic rings. The second-order valence-corrected chi connectivity index (χ2v) is 8.93. The van der Waals surface area contributed by atoms with Crippen molar-refractivity contribution in [3.63, 3.8) is 0 Å². The van der Waals surface area contributed by atoms with Crippen molar-refractivity contribution in [3.8, 4) is 0 Å². The maximum atomic E-state index is 13.0. The highest BCUT2D eigenvalue weighted by molar-refractivity contribution is 5.79. The van der Waals surface area contributed by atoms with Gasteiger partial charge in [-0.3, -0.25) is 9.78 Å². The molecule has 3 atom stereocenters. The van der Waals surface area contributed by atoms with Gasteiger partial charge in [-0.1, -0.05) is 12.1 Å². The number of hydrogen-bond acceptors (Lipinski definition) is 5. The Hall–Kier alpha value is -2.81. The van der Waals surface area contributed by atoms with Crippen LogP contribution in [0, 0.1) is 0 Å². The van der Waals surface area contributed by atoms with Crippen molar-refractivity contribution < 1.29 is 22.7 Å². The van der Waals surface area contributed by atoms with Crippen molar-refractivity contribution in [1.82, 2.24) is 10.3 Å². The molecule has 0 spiro atoms. The average Bonchev–Trinajstić information content (AvgIpc) is 3.21. The largest absolute Gasteiger partial charge is 0.417 e. The summed E-state index contributed by atoms with van der Waals surface area (Å²) in [5, 5.41) is 3.01. The third kappa shape index (κ3) is 5.96. The van der Waals surface area contributed by atoms with Gasteiger partial charge in [0.2, 0.25) is 5.91 Å². The molecule has 0 bridgehead atoms. The van der Waals surface area contributed by atoms with Gasteiger partial charge in [-0.25, -0.2) is 0 Å². The molecule has 0 saturated carbocycles. The van der Waals surface area contributed by atoms with E-state index in [1.54, 1.807) is 0 Å². The first kappa shape index (κ1) is 23.4. The Bertz CT molecular complexity index is 957. The first-order valence-corrected chi connectivity index (χ1v) is 11.2. The van der Waals surface area contributed by atoms with Crippen LogP contribution < -0.4 is 15.1 Å². The molecule has 1 aromatic heterocycles. The van der Waals surface area contributed by atoms with Crippen LogP contribution in [0.3, 0.4) is 0 Å². The number of hydrogen-bond donors (Lipinski definition) is 1. The Morgan fingerprint density at radius 3 is 2.42 bits per heavy atom. The van der Waals surface area contributed by atoms with Crippen molar-refractivity contribution in [2.45, 2.75) is 51.1 Å². The maximum absolute atomic E-state index is 13.0. The van der Waals surface area contributed by atoms with Crippen LogP contribution in [-0.2, 0) is 22.1 Å². The molecule has 2 aromatic rings. The number of carbonyl (C=O) groups is 1. The second kappa shape index (κ2) is 9.59. The molecule has 0 radical (unpaired) electrons. The van der Waals surface area contributed by atoms with E-state index in [1.807, 2.05) is 29.2 Å². The highest BCUT2D eigenvalue weighted by atomic mass is 19.4. The number of anilines is 2. The van der Waals surface area contributed by atoms with Crippen molar-refractivity contribution >= 4 is 17.3 Å². The fourth-order valence-corrected chi connectivity index (χ4v) is 4.55. The van der Waals surface area contributed by atoms with E-state index in [2.05, 4.69) is 29.0 Å². The molecule has 1 amide bonds. The van der Waals surface area contributed by atoms with E-state index < -0.39 is 11.7 Å². The quantitative estimate of drug-likeness (QED) is 0.735. The highest BCUT2D eigenvalue weighted by Gasteiger charge is 2.32. The number of morpholine rings is 1. The number of halogens is 3. The fraction of sp³-hybridized carbons (Fsp3) is 0.500. The number of nitrogens with one attached hydrogen (secondary N) is 1. The topological polar surface area (TPSA) is 57.7 Å². The Morgan fingerprint density at radius 1 is 1.06 bits per heavy atom. The predicted octanol–water partition coefficient (Wildman–Crippen LogP) is 3.65. The zero-order valence-electron chi connectivity index (χ0n) is 18.8. The summed E-state index contributed by atoms with van der Waals surface area (Å²) in [4.78, 5) is 20.4. The molecular formula is C24H29F3N4O2. The third-order valence-corrected chi connectivity index (χ3v) is 6.06. The van der Waals surface area contributed by atoms with E-state index in [9.17, 15) is 18.0 Å². The first-order chi connectivity index (χ1) is 15.7. The van der Waals surface area contributed by atoms with E-state index in [-0.39, 0.29) is 30.6 Å². The number of alkyl halides is 3. The zero-order chi connectivity index (χ0) is 23.6. The number of rotatable bonds is 5. The number of benzene rings is 1. The summed E-state index contributed by atoms with van der Waals surface area (Å²) in [5.74, 6) is -0.0922. The van der Waals surface area contributed by atoms with Crippen LogP contribution in [0.5, 0.6) is 0 Å². The second-order valence-electron chi connectivity index (χ2n) is 8.93. The fourth-order valence-electron chi connectivity index (χ4n) is 4.55. The molecule has 2 aliphatic heterocycles. The summed E-state index contributed by atoms with van der Waals surface area (Å²) in [6.07, 6.45) is -0.883. The standard InChI is InChI=1S/C24H29F3N4O2/c1-16-13-31(14-17(2)33-16)21-5-3-18(4-6-21)9-23(32)29-20-7-8-30(15-20)22-10-19(11-28-12-22)24(25,26)27/h3-6,10-12,16-17,20H,7-9,13-15H2,1-2H3,(H,29,32)/t16-,17+,20-/m1/s1. The van der Waals surface area contributed by atoms with Gasteiger partial charge in [0.15, 0.2) is 0 Å². The Kier molecular flexibility index (Phi) is 6.78. The van der Waals surface area contributed by atoms with E-state index in [4.69, 9.17) is 4.74 Å². The molecule has 33 heavy (non-hydrogen) atoms. The molecule has 2 saturated heterocycles. The minimum Gasteiger partial charge on any atom is -0.372 e. The van der Waals surface area contributed by atoms with Gasteiger partial charge in [0, 0.05) is 44.1 Å². The highest BCUT2D eigenvalue weighted by Crippen LogP contribution is 2.31. The first-order valence-electron chi connectivity index (χ1n) is 11.2. The van der Waals surface area contributed by atoms with Crippen molar-refractivity contribution in [1.29, 1.82) is 0 Å². The number of nitrogens with zero attached hydrogens (tertiary/aromatic N) is 3. The summed E-state index contributed by atoms with van der Waals surface area (Å²) in [7, 11) is 0. The van der Waals surface area contributed by atoms with Crippen LogP contribution in [0.25, 0.3) is 0 Å². The zero-order valence-corrected chi connectivity index (χ0v) is 18.8. The molecule has 1 aromatic carbocycles. The molecule has 178 valence electrons. The average molecular weight is 463 g/mol. The molecule has 2 fully saturated rings. The summed E-state index contributed by atoms with van der Waals surface area (Å²) >= 11 is 0. The number of amides is 1. The van der Waals surface area contributed by atoms with Crippen LogP contribution in [0.1, 0.15) is 31.4 Å². The normalized spacial score (nSPS) is 23.6. The molecule has 6 nitrogen and oxygen atoms in total. The lowest BCUT2D eigenvalue weighted by Crippen LogP contribution is -2.45. The van der Waals surface area contributed by atoms with Gasteiger partial charge >= 0.3 is 6.18 Å². The maximum Gasteiger partial charge on any atom is 0.417 e. The smallest absolute Gasteiger partial charge is 0.372 e. The van der Waals surface area contributed by atoms with Gasteiger partial charge in [-0.05, 0) is 44.0 Å². The van der Waals surface area contributed by atoms with E-state index in [1.165, 1.54) is 6.20 Å². The van der Waals surface area contributed by atoms with Gasteiger partial charge in [-0.15, -0.1) is 0 Å². The monoisotopic (exact) mass is 462 g/mol. The van der Waals surface area contributed by atoms with Gasteiger partial charge in [0.1, 0.15) is 0 Å². The molecule has 1 N–H and O–H groups in total. The van der Waals surface area contributed by atoms with Crippen LogP contribution >= 0.6 is 0 Å². The molecule has 4 rings (SSSR count). The lowest BCUT2D eigenvalue weighted by molar-refractivity contribution is -0.137. The van der Waals surface area contributed by atoms with E-state index in [0.717, 1.165) is 36.6 Å². The van der Waals surface area contributed by atoms with Gasteiger partial charge < -0.3 is 19.9 Å². The van der Waals surface area contributed by atoms with Gasteiger partial charge in [-0.2, -0.15) is 13.2 Å². The Labute approximate surface area is 191 Å². The summed E-state index contributed by atoms with van der Waals surface area (Å²) < 4.78 is 44.6. The SMILES string of the molecule is C[C@@H]1CN(c2ccc(CC(=O)N[C@@H]3CCN(c4cncc(C(F)(F)F)c4)C3)cc2)C[C@H](C)O1. The van der Waals surface area contributed by atoms with E-state index >= 15 is 0 Å². The van der Waals surface area contributed by atoms with Crippen LogP contribution in [0.4, 0.5) is 24.5 Å².